The first-order valence-corrected chi connectivity index (χ1v) is 6.68. The fraction of sp³-hybridized carbons (Fsp3) is 0. The van der Waals surface area contributed by atoms with E-state index >= 15 is 0 Å². The van der Waals surface area contributed by atoms with E-state index in [0.29, 0.717) is 16.3 Å². The summed E-state index contributed by atoms with van der Waals surface area (Å²) in [6.45, 7) is 0. The summed E-state index contributed by atoms with van der Waals surface area (Å²) in [6.07, 6.45) is 2.66. The third-order valence-electron chi connectivity index (χ3n) is 3.97. The van der Waals surface area contributed by atoms with E-state index in [0.717, 1.165) is 12.1 Å². The molecule has 0 saturated carbocycles. The molecular weight excluding hydrogens is 286 g/mol. The number of carbonyl (C=O) groups is 2. The lowest BCUT2D eigenvalue weighted by molar-refractivity contribution is -0.110. The molecule has 0 bridgehead atoms. The topological polar surface area (TPSA) is 34.1 Å². The molecule has 0 amide bonds. The maximum absolute atomic E-state index is 14.3. The van der Waals surface area contributed by atoms with Gasteiger partial charge in [0.15, 0.2) is 0 Å². The number of rotatable bonds is 0. The summed E-state index contributed by atoms with van der Waals surface area (Å²) >= 11 is 0. The van der Waals surface area contributed by atoms with Gasteiger partial charge in [0.05, 0.1) is 0 Å². The van der Waals surface area contributed by atoms with Crippen LogP contribution >= 0.6 is 0 Å². The summed E-state index contributed by atoms with van der Waals surface area (Å²) in [5, 5.41) is 1.41. The second-order valence-electron chi connectivity index (χ2n) is 5.17. The van der Waals surface area contributed by atoms with Crippen molar-refractivity contribution in [1.29, 1.82) is 0 Å². The minimum Gasteiger partial charge on any atom is -0.286 e. The molecule has 1 aliphatic carbocycles. The van der Waals surface area contributed by atoms with Crippen molar-refractivity contribution in [3.8, 4) is 0 Å². The zero-order valence-corrected chi connectivity index (χ0v) is 11.2. The third kappa shape index (κ3) is 1.58. The van der Waals surface area contributed by atoms with Gasteiger partial charge >= 0.3 is 0 Å². The van der Waals surface area contributed by atoms with Gasteiger partial charge in [0.1, 0.15) is 11.6 Å². The fourth-order valence-electron chi connectivity index (χ4n) is 2.95. The minimum atomic E-state index is -0.631. The molecule has 3 aromatic rings. The van der Waals surface area contributed by atoms with Crippen LogP contribution in [0.5, 0.6) is 0 Å². The third-order valence-corrected chi connectivity index (χ3v) is 3.97. The Bertz CT molecular complexity index is 1030. The summed E-state index contributed by atoms with van der Waals surface area (Å²) in [7, 11) is 0. The number of hydrogen-bond donors (Lipinski definition) is 0. The molecule has 2 nitrogen and oxygen atoms in total. The summed E-state index contributed by atoms with van der Waals surface area (Å²) in [4.78, 5) is 23.5. The number of Topliss-reactive ketones (excluding diaryl/α,β-unsaturated/α-hetero) is 1. The van der Waals surface area contributed by atoms with Crippen LogP contribution in [-0.4, -0.2) is 11.6 Å². The number of halogens is 2. The number of ketones is 2. The zero-order valence-electron chi connectivity index (χ0n) is 11.2. The second-order valence-corrected chi connectivity index (χ2v) is 5.17. The van der Waals surface area contributed by atoms with Gasteiger partial charge in [-0.2, -0.15) is 0 Å². The molecule has 0 atom stereocenters. The van der Waals surface area contributed by atoms with Gasteiger partial charge in [-0.15, -0.1) is 0 Å². The van der Waals surface area contributed by atoms with E-state index < -0.39 is 23.2 Å². The number of fused-ring (bicyclic) bond motifs is 5. The van der Waals surface area contributed by atoms with Crippen molar-refractivity contribution < 1.29 is 18.4 Å². The quantitative estimate of drug-likeness (QED) is 0.463. The van der Waals surface area contributed by atoms with Gasteiger partial charge in [0.25, 0.3) is 0 Å². The average molecular weight is 294 g/mol. The molecule has 3 aromatic carbocycles. The standard InChI is InChI=1S/C18H8F2O2/c19-13-6-7-14(20)17-12(13)4-2-9-1-3-11-10(16(9)17)5-8-15(21)18(11)22/h1-8H. The molecule has 106 valence electrons. The van der Waals surface area contributed by atoms with E-state index in [4.69, 9.17) is 0 Å². The van der Waals surface area contributed by atoms with E-state index in [1.54, 1.807) is 18.2 Å². The van der Waals surface area contributed by atoms with Gasteiger partial charge in [-0.05, 0) is 41.3 Å². The van der Waals surface area contributed by atoms with Crippen LogP contribution < -0.4 is 0 Å². The van der Waals surface area contributed by atoms with E-state index in [9.17, 15) is 18.4 Å². The van der Waals surface area contributed by atoms with Crippen LogP contribution in [0.4, 0.5) is 8.78 Å². The maximum Gasteiger partial charge on any atom is 0.233 e. The molecule has 1 aliphatic rings. The van der Waals surface area contributed by atoms with E-state index in [2.05, 4.69) is 0 Å². The van der Waals surface area contributed by atoms with Crippen LogP contribution in [-0.2, 0) is 4.79 Å². The maximum atomic E-state index is 14.3. The van der Waals surface area contributed by atoms with Gasteiger partial charge < -0.3 is 0 Å². The molecule has 0 aliphatic heterocycles. The second kappa shape index (κ2) is 4.31. The predicted molar refractivity (Wildman–Crippen MR) is 79.7 cm³/mol. The Balaban J connectivity index is 2.29. The Morgan fingerprint density at radius 2 is 1.45 bits per heavy atom. The zero-order chi connectivity index (χ0) is 15.4. The van der Waals surface area contributed by atoms with Crippen molar-refractivity contribution in [3.63, 3.8) is 0 Å². The van der Waals surface area contributed by atoms with E-state index in [-0.39, 0.29) is 16.3 Å². The summed E-state index contributed by atoms with van der Waals surface area (Å²) < 4.78 is 28.3. The van der Waals surface area contributed by atoms with Crippen LogP contribution in [0.15, 0.2) is 42.5 Å². The molecule has 0 fully saturated rings. The Morgan fingerprint density at radius 1 is 0.727 bits per heavy atom. The van der Waals surface area contributed by atoms with Crippen LogP contribution in [0.1, 0.15) is 15.9 Å². The SMILES string of the molecule is O=C1C=Cc2c(ccc3ccc4c(F)ccc(F)c4c23)C1=O. The Kier molecular flexibility index (Phi) is 2.51. The summed E-state index contributed by atoms with van der Waals surface area (Å²) in [5.74, 6) is -2.34. The van der Waals surface area contributed by atoms with Crippen molar-refractivity contribution >= 4 is 39.2 Å². The molecular formula is C18H8F2O2. The van der Waals surface area contributed by atoms with Gasteiger partial charge in [0, 0.05) is 21.7 Å². The normalized spacial score (nSPS) is 13.9. The molecule has 4 rings (SSSR count). The molecule has 4 heteroatoms. The first kappa shape index (κ1) is 12.8. The minimum absolute atomic E-state index is 0.126. The molecule has 0 saturated heterocycles. The van der Waals surface area contributed by atoms with Crippen LogP contribution in [0.2, 0.25) is 0 Å². The molecule has 0 aromatic heterocycles. The lowest BCUT2D eigenvalue weighted by atomic mass is 9.88. The largest absolute Gasteiger partial charge is 0.286 e. The van der Waals surface area contributed by atoms with Crippen molar-refractivity contribution in [2.45, 2.75) is 0 Å². The Morgan fingerprint density at radius 3 is 2.27 bits per heavy atom. The smallest absolute Gasteiger partial charge is 0.233 e. The van der Waals surface area contributed by atoms with Crippen molar-refractivity contribution in [2.75, 3.05) is 0 Å². The molecule has 0 N–H and O–H groups in total. The van der Waals surface area contributed by atoms with Gasteiger partial charge in [0.2, 0.25) is 11.6 Å². The van der Waals surface area contributed by atoms with Crippen LogP contribution in [0, 0.1) is 11.6 Å². The van der Waals surface area contributed by atoms with Crippen LogP contribution in [0.25, 0.3) is 27.6 Å². The number of benzene rings is 3. The lowest BCUT2D eigenvalue weighted by Crippen LogP contribution is -2.16. The molecule has 0 unspecified atom stereocenters. The highest BCUT2D eigenvalue weighted by Gasteiger charge is 2.23. The summed E-state index contributed by atoms with van der Waals surface area (Å²) in [6, 6.07) is 8.52. The highest BCUT2D eigenvalue weighted by molar-refractivity contribution is 6.50. The summed E-state index contributed by atoms with van der Waals surface area (Å²) in [5.41, 5.74) is 0.674. The lowest BCUT2D eigenvalue weighted by Gasteiger charge is -2.14. The van der Waals surface area contributed by atoms with E-state index in [1.807, 2.05) is 0 Å². The molecule has 0 radical (unpaired) electrons. The van der Waals surface area contributed by atoms with E-state index in [1.165, 1.54) is 18.2 Å². The Labute approximate surface area is 123 Å². The molecule has 0 heterocycles. The highest BCUT2D eigenvalue weighted by Crippen LogP contribution is 2.35. The highest BCUT2D eigenvalue weighted by atomic mass is 19.1. The fourth-order valence-corrected chi connectivity index (χ4v) is 2.95. The van der Waals surface area contributed by atoms with Crippen LogP contribution in [0.3, 0.4) is 0 Å². The molecule has 0 spiro atoms. The number of allylic oxidation sites excluding steroid dienone is 1. The van der Waals surface area contributed by atoms with Crippen molar-refractivity contribution in [1.82, 2.24) is 0 Å². The monoisotopic (exact) mass is 294 g/mol. The number of hydrogen-bond acceptors (Lipinski definition) is 2. The van der Waals surface area contributed by atoms with Gasteiger partial charge in [-0.3, -0.25) is 9.59 Å². The Hall–Kier alpha value is -2.88. The first-order valence-electron chi connectivity index (χ1n) is 6.68. The average Bonchev–Trinajstić information content (AvgIpc) is 2.53. The molecule has 22 heavy (non-hydrogen) atoms. The van der Waals surface area contributed by atoms with Gasteiger partial charge in [-0.25, -0.2) is 8.78 Å². The predicted octanol–water partition coefficient (Wildman–Crippen LogP) is 4.05. The van der Waals surface area contributed by atoms with Crippen molar-refractivity contribution in [3.05, 3.63) is 65.2 Å². The van der Waals surface area contributed by atoms with Crippen molar-refractivity contribution in [2.24, 2.45) is 0 Å². The van der Waals surface area contributed by atoms with Gasteiger partial charge in [-0.1, -0.05) is 18.2 Å². The number of carbonyl (C=O) groups excluding carboxylic acids is 2. The first-order chi connectivity index (χ1) is 10.6.